The van der Waals surface area contributed by atoms with Crippen molar-refractivity contribution in [2.24, 2.45) is 17.6 Å². The standard InChI is InChI=1S/C20H30FN5O13P2S/c1-18(23)15(30)8(36-19(18)2-3-24-11-14(19)25-6-26-16(11)22)5-35-41(34,42)39-40(32,33)38-17-10-13(29)12(28)9(7(21)4-27)20(10,31)37-17/h2-3,6-10,12-13,15,17,24,27-31H,4-5,23H2,1H3,(H,32,33)(H,34,42)(H2,22,25,26)/t7-,8+,9?,10?,12?,13?,15+,17?,18+,19?,20?,41?/m0/s1. The molecule has 0 radical (unpaired) electrons. The molecule has 12 N–H and O–H groups in total. The van der Waals surface area contributed by atoms with Gasteiger partial charge in [-0.05, 0) is 24.8 Å². The molecule has 0 bridgehead atoms. The molecule has 4 heterocycles. The van der Waals surface area contributed by atoms with Gasteiger partial charge in [-0.15, -0.1) is 0 Å². The van der Waals surface area contributed by atoms with Gasteiger partial charge in [0.15, 0.2) is 23.5 Å². The van der Waals surface area contributed by atoms with E-state index in [0.29, 0.717) is 0 Å². The predicted molar refractivity (Wildman–Crippen MR) is 140 cm³/mol. The van der Waals surface area contributed by atoms with E-state index in [2.05, 4.69) is 19.6 Å². The van der Waals surface area contributed by atoms with Crippen LogP contribution in [0.5, 0.6) is 0 Å². The maximum Gasteiger partial charge on any atom is 0.481 e. The molecule has 1 aliphatic carbocycles. The first-order valence-corrected chi connectivity index (χ1v) is 16.4. The minimum Gasteiger partial charge on any atom is -0.393 e. The van der Waals surface area contributed by atoms with Gasteiger partial charge in [-0.25, -0.2) is 23.2 Å². The van der Waals surface area contributed by atoms with Gasteiger partial charge in [-0.1, -0.05) is 0 Å². The molecule has 1 aromatic heterocycles. The van der Waals surface area contributed by atoms with Gasteiger partial charge >= 0.3 is 14.5 Å². The molecule has 5 rings (SSSR count). The molecule has 42 heavy (non-hydrogen) atoms. The van der Waals surface area contributed by atoms with Crippen molar-refractivity contribution in [2.75, 3.05) is 24.3 Å². The number of hydrogen-bond acceptors (Lipinski definition) is 17. The van der Waals surface area contributed by atoms with Crippen LogP contribution in [0, 0.1) is 11.8 Å². The van der Waals surface area contributed by atoms with E-state index < -0.39 is 93.4 Å². The van der Waals surface area contributed by atoms with Crippen LogP contribution in [0.3, 0.4) is 0 Å². The number of nitrogens with one attached hydrogen (secondary N) is 1. The third-order valence-electron chi connectivity index (χ3n) is 7.93. The number of rotatable bonds is 9. The molecule has 2 saturated heterocycles. The lowest BCUT2D eigenvalue weighted by Crippen LogP contribution is -2.64. The average Bonchev–Trinajstić information content (AvgIpc) is 3.16. The molecule has 1 spiro atoms. The number of ether oxygens (including phenoxy) is 2. The number of nitrogen functional groups attached to an aromatic ring is 1. The Morgan fingerprint density at radius 2 is 1.95 bits per heavy atom. The second-order valence-electron chi connectivity index (χ2n) is 10.5. The summed E-state index contributed by atoms with van der Waals surface area (Å²) in [6.45, 7) is -4.99. The Hall–Kier alpha value is -1.29. The summed E-state index contributed by atoms with van der Waals surface area (Å²) in [5, 5.41) is 53.8. The lowest BCUT2D eigenvalue weighted by atomic mass is 9.75. The van der Waals surface area contributed by atoms with Gasteiger partial charge in [0.1, 0.15) is 36.1 Å². The van der Waals surface area contributed by atoms with Crippen molar-refractivity contribution in [3.8, 4) is 0 Å². The lowest BCUT2D eigenvalue weighted by molar-refractivity contribution is -0.426. The summed E-state index contributed by atoms with van der Waals surface area (Å²) < 4.78 is 52.3. The number of phosphoric acid groups is 1. The number of aromatic nitrogens is 2. The topological polar surface area (TPSA) is 295 Å². The van der Waals surface area contributed by atoms with Crippen molar-refractivity contribution in [2.45, 2.75) is 60.7 Å². The van der Waals surface area contributed by atoms with Crippen molar-refractivity contribution < 1.29 is 67.1 Å². The number of nitrogens with two attached hydrogens (primary N) is 2. The summed E-state index contributed by atoms with van der Waals surface area (Å²) in [4.78, 5) is 28.8. The Morgan fingerprint density at radius 1 is 1.26 bits per heavy atom. The number of halogens is 1. The maximum absolute atomic E-state index is 14.1. The van der Waals surface area contributed by atoms with E-state index in [1.54, 1.807) is 0 Å². The Bertz CT molecular complexity index is 1370. The fourth-order valence-electron chi connectivity index (χ4n) is 5.82. The zero-order chi connectivity index (χ0) is 31.0. The third-order valence-corrected chi connectivity index (χ3v) is 11.4. The van der Waals surface area contributed by atoms with Gasteiger partial charge in [-0.2, -0.15) is 0 Å². The van der Waals surface area contributed by atoms with Crippen LogP contribution in [0.25, 0.3) is 0 Å². The largest absolute Gasteiger partial charge is 0.481 e. The summed E-state index contributed by atoms with van der Waals surface area (Å²) in [5.74, 6) is -5.90. The number of anilines is 2. The van der Waals surface area contributed by atoms with Gasteiger partial charge in [0.25, 0.3) is 0 Å². The number of fused-ring (bicyclic) bond motifs is 3. The highest BCUT2D eigenvalue weighted by Crippen LogP contribution is 2.65. The van der Waals surface area contributed by atoms with Gasteiger partial charge < -0.3 is 66.1 Å². The fourth-order valence-corrected chi connectivity index (χ4v) is 8.92. The second kappa shape index (κ2) is 10.7. The van der Waals surface area contributed by atoms with Crippen LogP contribution in [-0.2, 0) is 44.8 Å². The number of aliphatic hydroxyl groups excluding tert-OH is 4. The molecule has 13 atom stereocenters. The smallest absolute Gasteiger partial charge is 0.393 e. The van der Waals surface area contributed by atoms with Crippen molar-refractivity contribution in [1.82, 2.24) is 9.97 Å². The first kappa shape index (κ1) is 32.1. The molecule has 4 aliphatic rings. The Balaban J connectivity index is 1.24. The van der Waals surface area contributed by atoms with Crippen molar-refractivity contribution in [3.05, 3.63) is 24.3 Å². The van der Waals surface area contributed by atoms with Crippen LogP contribution < -0.4 is 16.8 Å². The first-order valence-electron chi connectivity index (χ1n) is 12.3. The van der Waals surface area contributed by atoms with Gasteiger partial charge in [-0.3, -0.25) is 4.52 Å². The Kier molecular flexibility index (Phi) is 8.15. The fraction of sp³-hybridized carbons (Fsp3) is 0.700. The van der Waals surface area contributed by atoms with E-state index in [9.17, 15) is 39.2 Å². The molecular weight excluding hydrogens is 631 g/mol. The van der Waals surface area contributed by atoms with Crippen LogP contribution in [0.2, 0.25) is 0 Å². The van der Waals surface area contributed by atoms with Crippen molar-refractivity contribution >= 4 is 37.9 Å². The van der Waals surface area contributed by atoms with Crippen LogP contribution >= 0.6 is 14.5 Å². The molecule has 0 amide bonds. The second-order valence-corrected chi connectivity index (χ2v) is 14.8. The summed E-state index contributed by atoms with van der Waals surface area (Å²) in [7, 11) is -5.38. The first-order chi connectivity index (χ1) is 19.4. The highest BCUT2D eigenvalue weighted by molar-refractivity contribution is 8.08. The molecule has 3 fully saturated rings. The van der Waals surface area contributed by atoms with Gasteiger partial charge in [0.05, 0.1) is 42.8 Å². The monoisotopic (exact) mass is 661 g/mol. The molecule has 1 aromatic rings. The Labute approximate surface area is 241 Å². The number of aliphatic hydroxyl groups is 5. The summed E-state index contributed by atoms with van der Waals surface area (Å²) in [5.41, 5.74) is 9.79. The zero-order valence-corrected chi connectivity index (χ0v) is 24.2. The molecule has 1 saturated carbocycles. The van der Waals surface area contributed by atoms with Crippen molar-refractivity contribution in [1.29, 1.82) is 0 Å². The van der Waals surface area contributed by atoms with Gasteiger partial charge in [0.2, 0.25) is 0 Å². The molecule has 18 nitrogen and oxygen atoms in total. The van der Waals surface area contributed by atoms with E-state index in [4.69, 9.17) is 46.9 Å². The molecule has 0 aromatic carbocycles. The van der Waals surface area contributed by atoms with Crippen LogP contribution in [0.15, 0.2) is 18.6 Å². The molecule has 3 aliphatic heterocycles. The van der Waals surface area contributed by atoms with Crippen LogP contribution in [0.1, 0.15) is 12.6 Å². The van der Waals surface area contributed by atoms with E-state index in [1.807, 2.05) is 0 Å². The molecule has 236 valence electrons. The lowest BCUT2D eigenvalue weighted by Gasteiger charge is -2.49. The average molecular weight is 661 g/mol. The molecular formula is C20H30FN5O13P2S. The maximum atomic E-state index is 14.1. The number of alkyl halides is 1. The van der Waals surface area contributed by atoms with E-state index >= 15 is 0 Å². The van der Waals surface area contributed by atoms with E-state index in [1.165, 1.54) is 25.5 Å². The quantitative estimate of drug-likeness (QED) is 0.121. The normalized spacial score (nSPS) is 44.0. The van der Waals surface area contributed by atoms with Gasteiger partial charge in [0, 0.05) is 6.20 Å². The van der Waals surface area contributed by atoms with E-state index in [-0.39, 0.29) is 17.2 Å². The summed E-state index contributed by atoms with van der Waals surface area (Å²) >= 11 is 4.81. The summed E-state index contributed by atoms with van der Waals surface area (Å²) in [6.07, 6.45) is -6.55. The number of nitrogens with zero attached hydrogens (tertiary/aromatic N) is 2. The molecule has 22 heteroatoms. The summed E-state index contributed by atoms with van der Waals surface area (Å²) in [6, 6.07) is 0. The predicted octanol–water partition coefficient (Wildman–Crippen LogP) is -2.62. The number of phosphoric ester groups is 1. The van der Waals surface area contributed by atoms with Crippen LogP contribution in [-0.4, -0.2) is 107 Å². The van der Waals surface area contributed by atoms with Crippen LogP contribution in [0.4, 0.5) is 15.9 Å². The van der Waals surface area contributed by atoms with Crippen molar-refractivity contribution in [3.63, 3.8) is 0 Å². The highest BCUT2D eigenvalue weighted by atomic mass is 32.5. The SMILES string of the molecule is C[C@@]1(N)[C@H](O)[C@@H](COP(O)(=S)OP(=O)(O)OC2OC3(O)C2C(O)C(O)C3[C@@H](F)CO)OC12C=CNc1c(N)ncnc12. The van der Waals surface area contributed by atoms with E-state index in [0.717, 1.165) is 0 Å². The number of hydrogen-bond donors (Lipinski definition) is 10. The highest BCUT2D eigenvalue weighted by Gasteiger charge is 2.74. The Morgan fingerprint density at radius 3 is 2.62 bits per heavy atom. The zero-order valence-electron chi connectivity index (χ0n) is 21.6. The third kappa shape index (κ3) is 4.93. The molecule has 9 unspecified atom stereocenters. The minimum atomic E-state index is -5.38. The minimum absolute atomic E-state index is 0.0808.